The van der Waals surface area contributed by atoms with Crippen LogP contribution in [-0.2, 0) is 16.1 Å². The van der Waals surface area contributed by atoms with Gasteiger partial charge in [-0.25, -0.2) is 4.39 Å². The van der Waals surface area contributed by atoms with Gasteiger partial charge in [-0.2, -0.15) is 0 Å². The molecule has 0 bridgehead atoms. The number of halogens is 1. The Bertz CT molecular complexity index is 852. The smallest absolute Gasteiger partial charge is 0.254 e. The first kappa shape index (κ1) is 21.1. The van der Waals surface area contributed by atoms with E-state index in [9.17, 15) is 18.8 Å². The summed E-state index contributed by atoms with van der Waals surface area (Å²) in [6.07, 6.45) is 0.433. The number of benzene rings is 2. The molecule has 7 heteroatoms. The molecule has 0 saturated heterocycles. The number of rotatable bonds is 8. The lowest BCUT2D eigenvalue weighted by molar-refractivity contribution is -0.120. The van der Waals surface area contributed by atoms with E-state index >= 15 is 0 Å². The van der Waals surface area contributed by atoms with Crippen LogP contribution < -0.4 is 16.0 Å². The van der Waals surface area contributed by atoms with Gasteiger partial charge in [0.2, 0.25) is 11.8 Å². The molecule has 0 aliphatic heterocycles. The standard InChI is InChI=1S/C21H24FN3O3/c1-14(2)10-19(26)25-16-7-5-6-15(11-16)12-23-20(27)13-24-21(28)17-8-3-4-9-18(17)22/h3-9,11,14H,10,12-13H2,1-2H3,(H,23,27)(H,24,28)(H,25,26). The van der Waals surface area contributed by atoms with E-state index in [2.05, 4.69) is 16.0 Å². The highest BCUT2D eigenvalue weighted by molar-refractivity contribution is 5.96. The molecule has 0 atom stereocenters. The Kier molecular flexibility index (Phi) is 7.68. The molecule has 0 heterocycles. The quantitative estimate of drug-likeness (QED) is 0.653. The van der Waals surface area contributed by atoms with Crippen LogP contribution >= 0.6 is 0 Å². The van der Waals surface area contributed by atoms with E-state index in [0.717, 1.165) is 5.56 Å². The van der Waals surface area contributed by atoms with Crippen molar-refractivity contribution < 1.29 is 18.8 Å². The SMILES string of the molecule is CC(C)CC(=O)Nc1cccc(CNC(=O)CNC(=O)c2ccccc2F)c1. The van der Waals surface area contributed by atoms with Gasteiger partial charge in [-0.1, -0.05) is 38.1 Å². The van der Waals surface area contributed by atoms with Gasteiger partial charge in [0.1, 0.15) is 5.82 Å². The molecule has 0 saturated carbocycles. The summed E-state index contributed by atoms with van der Waals surface area (Å²) in [6.45, 7) is 3.91. The van der Waals surface area contributed by atoms with Crippen LogP contribution in [0.15, 0.2) is 48.5 Å². The number of hydrogen-bond donors (Lipinski definition) is 3. The number of amides is 3. The Morgan fingerprint density at radius 1 is 0.964 bits per heavy atom. The molecule has 0 unspecified atom stereocenters. The Morgan fingerprint density at radius 3 is 2.43 bits per heavy atom. The van der Waals surface area contributed by atoms with Gasteiger partial charge >= 0.3 is 0 Å². The first-order chi connectivity index (χ1) is 13.3. The van der Waals surface area contributed by atoms with Gasteiger partial charge in [0.05, 0.1) is 12.1 Å². The van der Waals surface area contributed by atoms with Gasteiger partial charge < -0.3 is 16.0 Å². The van der Waals surface area contributed by atoms with E-state index in [-0.39, 0.29) is 30.5 Å². The molecule has 0 radical (unpaired) electrons. The van der Waals surface area contributed by atoms with Crippen LogP contribution in [0.25, 0.3) is 0 Å². The van der Waals surface area contributed by atoms with Crippen molar-refractivity contribution in [1.82, 2.24) is 10.6 Å². The lowest BCUT2D eigenvalue weighted by Crippen LogP contribution is -2.36. The third-order valence-corrected chi connectivity index (χ3v) is 3.82. The molecular weight excluding hydrogens is 361 g/mol. The van der Waals surface area contributed by atoms with Gasteiger partial charge in [0, 0.05) is 18.7 Å². The molecule has 6 nitrogen and oxygen atoms in total. The molecule has 0 spiro atoms. The highest BCUT2D eigenvalue weighted by atomic mass is 19.1. The molecule has 2 rings (SSSR count). The van der Waals surface area contributed by atoms with Crippen molar-refractivity contribution in [2.24, 2.45) is 5.92 Å². The Morgan fingerprint density at radius 2 is 1.71 bits per heavy atom. The zero-order valence-electron chi connectivity index (χ0n) is 15.9. The van der Waals surface area contributed by atoms with Gasteiger partial charge in [-0.3, -0.25) is 14.4 Å². The summed E-state index contributed by atoms with van der Waals surface area (Å²) >= 11 is 0. The van der Waals surface area contributed by atoms with Crippen molar-refractivity contribution in [3.63, 3.8) is 0 Å². The lowest BCUT2D eigenvalue weighted by Gasteiger charge is -2.10. The first-order valence-corrected chi connectivity index (χ1v) is 9.03. The predicted octanol–water partition coefficient (Wildman–Crippen LogP) is 2.86. The third-order valence-electron chi connectivity index (χ3n) is 3.82. The zero-order chi connectivity index (χ0) is 20.5. The van der Waals surface area contributed by atoms with Crippen molar-refractivity contribution in [3.05, 3.63) is 65.5 Å². The highest BCUT2D eigenvalue weighted by Gasteiger charge is 2.12. The van der Waals surface area contributed by atoms with Crippen LogP contribution in [0.2, 0.25) is 0 Å². The zero-order valence-corrected chi connectivity index (χ0v) is 15.9. The predicted molar refractivity (Wildman–Crippen MR) is 105 cm³/mol. The summed E-state index contributed by atoms with van der Waals surface area (Å²) in [5.74, 6) is -1.49. The summed E-state index contributed by atoms with van der Waals surface area (Å²) in [7, 11) is 0. The molecule has 148 valence electrons. The molecule has 28 heavy (non-hydrogen) atoms. The molecule has 3 N–H and O–H groups in total. The van der Waals surface area contributed by atoms with Crippen LogP contribution in [-0.4, -0.2) is 24.3 Å². The fourth-order valence-corrected chi connectivity index (χ4v) is 2.51. The second-order valence-corrected chi connectivity index (χ2v) is 6.79. The summed E-state index contributed by atoms with van der Waals surface area (Å²) < 4.78 is 13.5. The second-order valence-electron chi connectivity index (χ2n) is 6.79. The lowest BCUT2D eigenvalue weighted by atomic mass is 10.1. The number of anilines is 1. The molecule has 0 fully saturated rings. The van der Waals surface area contributed by atoms with E-state index in [1.165, 1.54) is 18.2 Å². The average Bonchev–Trinajstić information content (AvgIpc) is 2.64. The van der Waals surface area contributed by atoms with E-state index in [4.69, 9.17) is 0 Å². The normalized spacial score (nSPS) is 10.4. The largest absolute Gasteiger partial charge is 0.350 e. The van der Waals surface area contributed by atoms with Crippen molar-refractivity contribution in [2.75, 3.05) is 11.9 Å². The Labute approximate surface area is 163 Å². The first-order valence-electron chi connectivity index (χ1n) is 9.03. The minimum Gasteiger partial charge on any atom is -0.350 e. The molecular formula is C21H24FN3O3. The monoisotopic (exact) mass is 385 g/mol. The van der Waals surface area contributed by atoms with Crippen LogP contribution in [0.4, 0.5) is 10.1 Å². The maximum Gasteiger partial charge on any atom is 0.254 e. The highest BCUT2D eigenvalue weighted by Crippen LogP contribution is 2.12. The van der Waals surface area contributed by atoms with Crippen molar-refractivity contribution >= 4 is 23.4 Å². The molecule has 3 amide bonds. The topological polar surface area (TPSA) is 87.3 Å². The van der Waals surface area contributed by atoms with Gasteiger partial charge in [-0.05, 0) is 35.7 Å². The molecule has 2 aromatic rings. The maximum atomic E-state index is 13.5. The van der Waals surface area contributed by atoms with Gasteiger partial charge in [0.15, 0.2) is 0 Å². The summed E-state index contributed by atoms with van der Waals surface area (Å²) in [4.78, 5) is 35.7. The van der Waals surface area contributed by atoms with E-state index < -0.39 is 17.6 Å². The number of carbonyl (C=O) groups excluding carboxylic acids is 3. The third kappa shape index (κ3) is 6.83. The van der Waals surface area contributed by atoms with E-state index in [1.54, 1.807) is 24.3 Å². The second kappa shape index (κ2) is 10.2. The summed E-state index contributed by atoms with van der Waals surface area (Å²) in [5, 5.41) is 7.88. The minimum atomic E-state index is -0.650. The molecule has 0 aliphatic carbocycles. The number of carbonyl (C=O) groups is 3. The maximum absolute atomic E-state index is 13.5. The molecule has 2 aromatic carbocycles. The molecule has 0 aliphatic rings. The fraction of sp³-hybridized carbons (Fsp3) is 0.286. The summed E-state index contributed by atoms with van der Waals surface area (Å²) in [5.41, 5.74) is 1.35. The Hall–Kier alpha value is -3.22. The Balaban J connectivity index is 1.81. The average molecular weight is 385 g/mol. The van der Waals surface area contributed by atoms with Crippen molar-refractivity contribution in [2.45, 2.75) is 26.8 Å². The summed E-state index contributed by atoms with van der Waals surface area (Å²) in [6, 6.07) is 12.7. The van der Waals surface area contributed by atoms with Crippen LogP contribution in [0.5, 0.6) is 0 Å². The van der Waals surface area contributed by atoms with Crippen LogP contribution in [0.3, 0.4) is 0 Å². The number of hydrogen-bond acceptors (Lipinski definition) is 3. The van der Waals surface area contributed by atoms with Gasteiger partial charge in [0.25, 0.3) is 5.91 Å². The van der Waals surface area contributed by atoms with Gasteiger partial charge in [-0.15, -0.1) is 0 Å². The van der Waals surface area contributed by atoms with Crippen molar-refractivity contribution in [3.8, 4) is 0 Å². The number of nitrogens with one attached hydrogen (secondary N) is 3. The van der Waals surface area contributed by atoms with Crippen molar-refractivity contribution in [1.29, 1.82) is 0 Å². The van der Waals surface area contributed by atoms with Crippen LogP contribution in [0.1, 0.15) is 36.2 Å². The van der Waals surface area contributed by atoms with E-state index in [1.807, 2.05) is 19.9 Å². The molecule has 0 aromatic heterocycles. The fourth-order valence-electron chi connectivity index (χ4n) is 2.51. The van der Waals surface area contributed by atoms with Crippen LogP contribution in [0, 0.1) is 11.7 Å². The van der Waals surface area contributed by atoms with E-state index in [0.29, 0.717) is 12.1 Å². The minimum absolute atomic E-state index is 0.0629.